The van der Waals surface area contributed by atoms with Gasteiger partial charge in [0.1, 0.15) is 0 Å². The highest BCUT2D eigenvalue weighted by Crippen LogP contribution is 2.33. The lowest BCUT2D eigenvalue weighted by Gasteiger charge is -2.33. The molecule has 0 bridgehead atoms. The number of hydrogen-bond acceptors (Lipinski definition) is 3. The van der Waals surface area contributed by atoms with E-state index in [1.807, 2.05) is 0 Å². The monoisotopic (exact) mass is 319 g/mol. The quantitative estimate of drug-likeness (QED) is 0.840. The van der Waals surface area contributed by atoms with Gasteiger partial charge in [0.05, 0.1) is 11.1 Å². The molecule has 5 nitrogen and oxygen atoms in total. The Bertz CT molecular complexity index is 589. The van der Waals surface area contributed by atoms with Gasteiger partial charge in [-0.3, -0.25) is 0 Å². The molecule has 2 N–H and O–H groups in total. The average molecular weight is 319 g/mol. The summed E-state index contributed by atoms with van der Waals surface area (Å²) < 4.78 is 0. The zero-order valence-electron chi connectivity index (χ0n) is 13.8. The van der Waals surface area contributed by atoms with Crippen LogP contribution in [0.25, 0.3) is 0 Å². The molecule has 1 aromatic rings. The normalized spacial score (nSPS) is 16.4. The minimum atomic E-state index is -1.08. The molecule has 0 saturated carbocycles. The molecule has 0 aliphatic carbocycles. The van der Waals surface area contributed by atoms with Gasteiger partial charge in [-0.15, -0.1) is 0 Å². The topological polar surface area (TPSA) is 77.8 Å². The molecule has 23 heavy (non-hydrogen) atoms. The van der Waals surface area contributed by atoms with Crippen LogP contribution in [-0.2, 0) is 0 Å². The first kappa shape index (κ1) is 17.5. The first-order valence-corrected chi connectivity index (χ1v) is 8.28. The van der Waals surface area contributed by atoms with Crippen LogP contribution in [-0.4, -0.2) is 46.7 Å². The van der Waals surface area contributed by atoms with E-state index in [9.17, 15) is 19.8 Å². The van der Waals surface area contributed by atoms with Crippen molar-refractivity contribution in [3.8, 4) is 0 Å². The number of likely N-dealkylation sites (tertiary alicyclic amines) is 1. The number of hydrogen-bond donors (Lipinski definition) is 2. The van der Waals surface area contributed by atoms with Crippen molar-refractivity contribution >= 4 is 11.9 Å². The fraction of sp³-hybridized carbons (Fsp3) is 0.556. The summed E-state index contributed by atoms with van der Waals surface area (Å²) in [5.41, 5.74) is 1.40. The summed E-state index contributed by atoms with van der Waals surface area (Å²) >= 11 is 0. The zero-order valence-corrected chi connectivity index (χ0v) is 13.8. The second-order valence-electron chi connectivity index (χ2n) is 6.28. The summed E-state index contributed by atoms with van der Waals surface area (Å²) in [7, 11) is 0. The third kappa shape index (κ3) is 3.91. The Morgan fingerprint density at radius 1 is 1.17 bits per heavy atom. The third-order valence-corrected chi connectivity index (χ3v) is 4.80. The Labute approximate surface area is 136 Å². The van der Waals surface area contributed by atoms with Gasteiger partial charge in [0, 0.05) is 0 Å². The van der Waals surface area contributed by atoms with Gasteiger partial charge in [0.15, 0.2) is 0 Å². The second kappa shape index (κ2) is 7.59. The van der Waals surface area contributed by atoms with E-state index in [0.29, 0.717) is 5.56 Å². The van der Waals surface area contributed by atoms with Crippen molar-refractivity contribution in [1.82, 2.24) is 4.90 Å². The van der Waals surface area contributed by atoms with Crippen molar-refractivity contribution in [2.75, 3.05) is 19.6 Å². The number of unbranched alkanes of at least 4 members (excludes halogenated alkanes) is 1. The first-order valence-electron chi connectivity index (χ1n) is 8.28. The lowest BCUT2D eigenvalue weighted by molar-refractivity contribution is 0.0693. The molecule has 1 fully saturated rings. The number of carboxylic acid groups (broad SMARTS) is 2. The number of aromatic carboxylic acids is 2. The number of rotatable bonds is 6. The maximum atomic E-state index is 11.7. The van der Waals surface area contributed by atoms with Gasteiger partial charge in [-0.1, -0.05) is 19.4 Å². The van der Waals surface area contributed by atoms with Gasteiger partial charge in [-0.25, -0.2) is 9.59 Å². The first-order chi connectivity index (χ1) is 11.0. The van der Waals surface area contributed by atoms with Crippen molar-refractivity contribution in [2.24, 2.45) is 0 Å². The van der Waals surface area contributed by atoms with E-state index >= 15 is 0 Å². The van der Waals surface area contributed by atoms with Crippen LogP contribution in [0.5, 0.6) is 0 Å². The predicted octanol–water partition coefficient (Wildman–Crippen LogP) is 3.37. The van der Waals surface area contributed by atoms with E-state index in [1.54, 1.807) is 19.1 Å². The zero-order chi connectivity index (χ0) is 17.0. The molecular weight excluding hydrogens is 294 g/mol. The number of benzene rings is 1. The summed E-state index contributed by atoms with van der Waals surface area (Å²) in [5, 5.41) is 18.7. The SMILES string of the molecule is CCCCN1CCC(c2ccc(C(=O)O)c(C)c2C(=O)O)CC1. The standard InChI is InChI=1S/C18H25NO4/c1-3-4-9-19-10-7-13(8-11-19)15-6-5-14(17(20)21)12(2)16(15)18(22)23/h5-6,13H,3-4,7-11H2,1-2H3,(H,20,21)(H,22,23). The molecule has 126 valence electrons. The Kier molecular flexibility index (Phi) is 5.77. The average Bonchev–Trinajstić information content (AvgIpc) is 2.52. The van der Waals surface area contributed by atoms with E-state index in [2.05, 4.69) is 11.8 Å². The van der Waals surface area contributed by atoms with E-state index in [4.69, 9.17) is 0 Å². The van der Waals surface area contributed by atoms with Crippen molar-refractivity contribution in [3.63, 3.8) is 0 Å². The van der Waals surface area contributed by atoms with Crippen molar-refractivity contribution in [3.05, 3.63) is 34.4 Å². The molecule has 1 saturated heterocycles. The Hall–Kier alpha value is -1.88. The lowest BCUT2D eigenvalue weighted by atomic mass is 9.83. The van der Waals surface area contributed by atoms with Crippen LogP contribution in [0.4, 0.5) is 0 Å². The molecule has 0 radical (unpaired) electrons. The summed E-state index contributed by atoms with van der Waals surface area (Å²) in [5.74, 6) is -1.92. The van der Waals surface area contributed by atoms with E-state index < -0.39 is 11.9 Å². The predicted molar refractivity (Wildman–Crippen MR) is 88.4 cm³/mol. The lowest BCUT2D eigenvalue weighted by Crippen LogP contribution is -2.34. The van der Waals surface area contributed by atoms with Crippen LogP contribution in [0, 0.1) is 6.92 Å². The Morgan fingerprint density at radius 2 is 1.83 bits per heavy atom. The second-order valence-corrected chi connectivity index (χ2v) is 6.28. The van der Waals surface area contributed by atoms with Gasteiger partial charge in [-0.2, -0.15) is 0 Å². The molecule has 0 unspecified atom stereocenters. The van der Waals surface area contributed by atoms with E-state index in [1.165, 1.54) is 12.8 Å². The molecule has 5 heteroatoms. The van der Waals surface area contributed by atoms with Gasteiger partial charge in [0.25, 0.3) is 0 Å². The maximum Gasteiger partial charge on any atom is 0.336 e. The van der Waals surface area contributed by atoms with Crippen molar-refractivity contribution < 1.29 is 19.8 Å². The number of carboxylic acids is 2. The highest BCUT2D eigenvalue weighted by molar-refractivity contribution is 5.97. The van der Waals surface area contributed by atoms with Gasteiger partial charge in [0.2, 0.25) is 0 Å². The molecule has 1 aromatic carbocycles. The molecule has 0 amide bonds. The van der Waals surface area contributed by atoms with Gasteiger partial charge >= 0.3 is 11.9 Å². The van der Waals surface area contributed by atoms with Crippen LogP contribution in [0.2, 0.25) is 0 Å². The molecule has 1 aliphatic heterocycles. The Morgan fingerprint density at radius 3 is 2.35 bits per heavy atom. The molecule has 0 atom stereocenters. The number of piperidine rings is 1. The molecule has 0 aromatic heterocycles. The van der Waals surface area contributed by atoms with Crippen LogP contribution in [0.1, 0.15) is 70.4 Å². The van der Waals surface area contributed by atoms with Crippen LogP contribution < -0.4 is 0 Å². The Balaban J connectivity index is 2.22. The largest absolute Gasteiger partial charge is 0.478 e. The maximum absolute atomic E-state index is 11.7. The highest BCUT2D eigenvalue weighted by Gasteiger charge is 2.27. The molecular formula is C18H25NO4. The van der Waals surface area contributed by atoms with E-state index in [0.717, 1.165) is 38.0 Å². The minimum absolute atomic E-state index is 0.0755. The summed E-state index contributed by atoms with van der Waals surface area (Å²) in [4.78, 5) is 25.3. The van der Waals surface area contributed by atoms with Crippen molar-refractivity contribution in [1.29, 1.82) is 0 Å². The fourth-order valence-electron chi connectivity index (χ4n) is 3.44. The number of carbonyl (C=O) groups is 2. The van der Waals surface area contributed by atoms with Crippen molar-refractivity contribution in [2.45, 2.75) is 45.4 Å². The molecule has 0 spiro atoms. The highest BCUT2D eigenvalue weighted by atomic mass is 16.4. The van der Waals surface area contributed by atoms with Gasteiger partial charge < -0.3 is 15.1 Å². The van der Waals surface area contributed by atoms with Crippen LogP contribution in [0.3, 0.4) is 0 Å². The van der Waals surface area contributed by atoms with Crippen LogP contribution >= 0.6 is 0 Å². The summed E-state index contributed by atoms with van der Waals surface area (Å²) in [6, 6.07) is 3.25. The van der Waals surface area contributed by atoms with Crippen LogP contribution in [0.15, 0.2) is 12.1 Å². The van der Waals surface area contributed by atoms with E-state index in [-0.39, 0.29) is 17.0 Å². The molecule has 1 heterocycles. The fourth-order valence-corrected chi connectivity index (χ4v) is 3.44. The number of nitrogens with zero attached hydrogens (tertiary/aromatic N) is 1. The minimum Gasteiger partial charge on any atom is -0.478 e. The van der Waals surface area contributed by atoms with Gasteiger partial charge in [-0.05, 0) is 68.9 Å². The molecule has 1 aliphatic rings. The molecule has 2 rings (SSSR count). The smallest absolute Gasteiger partial charge is 0.336 e. The summed E-state index contributed by atoms with van der Waals surface area (Å²) in [6.07, 6.45) is 4.22. The third-order valence-electron chi connectivity index (χ3n) is 4.80. The summed E-state index contributed by atoms with van der Waals surface area (Å²) in [6.45, 7) is 6.82.